The molecular formula is C18H24FNO. The first-order valence-corrected chi connectivity index (χ1v) is 8.27. The Morgan fingerprint density at radius 2 is 1.76 bits per heavy atom. The monoisotopic (exact) mass is 289 g/mol. The van der Waals surface area contributed by atoms with E-state index in [4.69, 9.17) is 10.5 Å². The van der Waals surface area contributed by atoms with Gasteiger partial charge in [0.25, 0.3) is 0 Å². The molecular weight excluding hydrogens is 265 g/mol. The normalized spacial score (nSPS) is 38.5. The second-order valence-electron chi connectivity index (χ2n) is 7.65. The first kappa shape index (κ1) is 13.6. The Labute approximate surface area is 125 Å². The van der Waals surface area contributed by atoms with Gasteiger partial charge in [0.2, 0.25) is 0 Å². The Morgan fingerprint density at radius 3 is 2.33 bits per heavy atom. The number of halogens is 1. The van der Waals surface area contributed by atoms with E-state index < -0.39 is 0 Å². The number of ether oxygens (including phenoxy) is 1. The molecule has 1 aromatic carbocycles. The molecule has 1 unspecified atom stereocenters. The SMILES string of the molecule is NC(COc1cccc(F)c1)C12CC3CC(CC(C3)C1)C2. The van der Waals surface area contributed by atoms with Crippen LogP contribution in [0.3, 0.4) is 0 Å². The Kier molecular flexibility index (Phi) is 3.21. The fraction of sp³-hybridized carbons (Fsp3) is 0.667. The lowest BCUT2D eigenvalue weighted by molar-refractivity contribution is -0.0730. The van der Waals surface area contributed by atoms with Gasteiger partial charge in [-0.25, -0.2) is 4.39 Å². The minimum atomic E-state index is -0.254. The molecule has 4 fully saturated rings. The lowest BCUT2D eigenvalue weighted by Crippen LogP contribution is -2.56. The number of hydrogen-bond donors (Lipinski definition) is 1. The maximum Gasteiger partial charge on any atom is 0.126 e. The average molecular weight is 289 g/mol. The van der Waals surface area contributed by atoms with Crippen LogP contribution in [0.2, 0.25) is 0 Å². The standard InChI is InChI=1S/C18H24FNO/c19-15-2-1-3-16(7-15)21-11-17(20)18-8-12-4-13(9-18)6-14(5-12)10-18/h1-3,7,12-14,17H,4-6,8-11,20H2. The minimum absolute atomic E-state index is 0.0779. The molecule has 0 aliphatic heterocycles. The topological polar surface area (TPSA) is 35.2 Å². The summed E-state index contributed by atoms with van der Waals surface area (Å²) in [6.07, 6.45) is 8.14. The summed E-state index contributed by atoms with van der Waals surface area (Å²) >= 11 is 0. The molecule has 2 N–H and O–H groups in total. The third kappa shape index (κ3) is 2.46. The van der Waals surface area contributed by atoms with Crippen LogP contribution >= 0.6 is 0 Å². The molecule has 0 aromatic heterocycles. The highest BCUT2D eigenvalue weighted by atomic mass is 19.1. The van der Waals surface area contributed by atoms with Gasteiger partial charge >= 0.3 is 0 Å². The third-order valence-electron chi connectivity index (χ3n) is 6.10. The summed E-state index contributed by atoms with van der Waals surface area (Å²) in [4.78, 5) is 0. The van der Waals surface area contributed by atoms with E-state index >= 15 is 0 Å². The molecule has 0 spiro atoms. The molecule has 1 aromatic rings. The van der Waals surface area contributed by atoms with Crippen LogP contribution in [-0.2, 0) is 0 Å². The highest BCUT2D eigenvalue weighted by molar-refractivity contribution is 5.22. The Bertz CT molecular complexity index is 494. The van der Waals surface area contributed by atoms with Crippen molar-refractivity contribution in [3.05, 3.63) is 30.1 Å². The molecule has 5 rings (SSSR count). The van der Waals surface area contributed by atoms with E-state index in [1.165, 1.54) is 50.7 Å². The number of nitrogens with two attached hydrogens (primary N) is 1. The van der Waals surface area contributed by atoms with Crippen molar-refractivity contribution in [3.8, 4) is 5.75 Å². The van der Waals surface area contributed by atoms with Gasteiger partial charge in [-0.1, -0.05) is 6.07 Å². The van der Waals surface area contributed by atoms with Crippen LogP contribution in [0.1, 0.15) is 38.5 Å². The Hall–Kier alpha value is -1.09. The van der Waals surface area contributed by atoms with E-state index in [1.807, 2.05) is 0 Å². The maximum absolute atomic E-state index is 13.2. The molecule has 2 nitrogen and oxygen atoms in total. The van der Waals surface area contributed by atoms with Gasteiger partial charge in [-0.05, 0) is 73.8 Å². The molecule has 21 heavy (non-hydrogen) atoms. The quantitative estimate of drug-likeness (QED) is 0.916. The summed E-state index contributed by atoms with van der Waals surface area (Å²) in [5, 5.41) is 0. The fourth-order valence-electron chi connectivity index (χ4n) is 5.55. The third-order valence-corrected chi connectivity index (χ3v) is 6.10. The minimum Gasteiger partial charge on any atom is -0.492 e. The summed E-state index contributed by atoms with van der Waals surface area (Å²) < 4.78 is 19.0. The van der Waals surface area contributed by atoms with Crippen molar-refractivity contribution >= 4 is 0 Å². The van der Waals surface area contributed by atoms with Crippen LogP contribution in [0, 0.1) is 29.0 Å². The van der Waals surface area contributed by atoms with Crippen molar-refractivity contribution in [2.45, 2.75) is 44.6 Å². The van der Waals surface area contributed by atoms with E-state index in [1.54, 1.807) is 12.1 Å². The van der Waals surface area contributed by atoms with Crippen molar-refractivity contribution in [3.63, 3.8) is 0 Å². The molecule has 4 saturated carbocycles. The highest BCUT2D eigenvalue weighted by Crippen LogP contribution is 2.60. The van der Waals surface area contributed by atoms with Crippen LogP contribution in [0.15, 0.2) is 24.3 Å². The molecule has 0 amide bonds. The zero-order valence-corrected chi connectivity index (χ0v) is 12.4. The second-order valence-corrected chi connectivity index (χ2v) is 7.65. The molecule has 0 saturated heterocycles. The molecule has 4 aliphatic carbocycles. The van der Waals surface area contributed by atoms with Crippen molar-refractivity contribution in [2.24, 2.45) is 28.9 Å². The van der Waals surface area contributed by atoms with Crippen LogP contribution in [0.5, 0.6) is 5.75 Å². The summed E-state index contributed by atoms with van der Waals surface area (Å²) in [6.45, 7) is 0.510. The zero-order chi connectivity index (χ0) is 14.4. The van der Waals surface area contributed by atoms with E-state index in [2.05, 4.69) is 0 Å². The van der Waals surface area contributed by atoms with Gasteiger partial charge in [0.15, 0.2) is 0 Å². The highest BCUT2D eigenvalue weighted by Gasteiger charge is 2.53. The fourth-order valence-corrected chi connectivity index (χ4v) is 5.55. The molecule has 0 radical (unpaired) electrons. The lowest BCUT2D eigenvalue weighted by Gasteiger charge is -2.58. The van der Waals surface area contributed by atoms with Crippen molar-refractivity contribution < 1.29 is 9.13 Å². The summed E-state index contributed by atoms with van der Waals surface area (Å²) in [6, 6.07) is 6.43. The van der Waals surface area contributed by atoms with E-state index in [0.717, 1.165) is 17.8 Å². The Morgan fingerprint density at radius 1 is 1.14 bits per heavy atom. The molecule has 3 heteroatoms. The molecule has 4 aliphatic rings. The number of benzene rings is 1. The van der Waals surface area contributed by atoms with Gasteiger partial charge < -0.3 is 10.5 Å². The number of rotatable bonds is 4. The van der Waals surface area contributed by atoms with Crippen LogP contribution in [-0.4, -0.2) is 12.6 Å². The molecule has 0 heterocycles. The van der Waals surface area contributed by atoms with Crippen molar-refractivity contribution in [1.82, 2.24) is 0 Å². The second kappa shape index (κ2) is 4.98. The molecule has 114 valence electrons. The predicted octanol–water partition coefficient (Wildman–Crippen LogP) is 3.75. The molecule has 4 bridgehead atoms. The van der Waals surface area contributed by atoms with Gasteiger partial charge in [0.05, 0.1) is 0 Å². The van der Waals surface area contributed by atoms with Crippen molar-refractivity contribution in [1.29, 1.82) is 0 Å². The smallest absolute Gasteiger partial charge is 0.126 e. The van der Waals surface area contributed by atoms with Gasteiger partial charge in [0.1, 0.15) is 18.2 Å². The van der Waals surface area contributed by atoms with E-state index in [-0.39, 0.29) is 11.9 Å². The summed E-state index contributed by atoms with van der Waals surface area (Å²) in [7, 11) is 0. The van der Waals surface area contributed by atoms with Gasteiger partial charge in [-0.15, -0.1) is 0 Å². The first-order valence-electron chi connectivity index (χ1n) is 8.27. The lowest BCUT2D eigenvalue weighted by atomic mass is 9.48. The average Bonchev–Trinajstić information content (AvgIpc) is 2.43. The summed E-state index contributed by atoms with van der Waals surface area (Å²) in [5.41, 5.74) is 6.83. The predicted molar refractivity (Wildman–Crippen MR) is 80.5 cm³/mol. The largest absolute Gasteiger partial charge is 0.492 e. The van der Waals surface area contributed by atoms with Crippen molar-refractivity contribution in [2.75, 3.05) is 6.61 Å². The van der Waals surface area contributed by atoms with Crippen LogP contribution < -0.4 is 10.5 Å². The van der Waals surface area contributed by atoms with Crippen LogP contribution in [0.4, 0.5) is 4.39 Å². The summed E-state index contributed by atoms with van der Waals surface area (Å²) in [5.74, 6) is 3.04. The van der Waals surface area contributed by atoms with Gasteiger partial charge in [-0.3, -0.25) is 0 Å². The van der Waals surface area contributed by atoms with E-state index in [0.29, 0.717) is 17.8 Å². The zero-order valence-electron chi connectivity index (χ0n) is 12.4. The van der Waals surface area contributed by atoms with Crippen LogP contribution in [0.25, 0.3) is 0 Å². The van der Waals surface area contributed by atoms with Gasteiger partial charge in [0, 0.05) is 12.1 Å². The van der Waals surface area contributed by atoms with E-state index in [9.17, 15) is 4.39 Å². The maximum atomic E-state index is 13.2. The van der Waals surface area contributed by atoms with Gasteiger partial charge in [-0.2, -0.15) is 0 Å². The number of hydrogen-bond acceptors (Lipinski definition) is 2. The first-order chi connectivity index (χ1) is 10.1. The molecule has 1 atom stereocenters. The Balaban J connectivity index is 1.44.